The van der Waals surface area contributed by atoms with E-state index in [1.54, 1.807) is 13.0 Å². The predicted octanol–water partition coefficient (Wildman–Crippen LogP) is 1.15. The molecule has 0 spiro atoms. The normalized spacial score (nSPS) is 12.1. The molecule has 1 aromatic rings. The lowest BCUT2D eigenvalue weighted by Crippen LogP contribution is -2.38. The van der Waals surface area contributed by atoms with E-state index >= 15 is 0 Å². The number of aromatic nitrogens is 1. The van der Waals surface area contributed by atoms with Gasteiger partial charge in [0.2, 0.25) is 5.91 Å². The maximum Gasteiger partial charge on any atom is 0.320 e. The fourth-order valence-electron chi connectivity index (χ4n) is 1.59. The molecule has 0 fully saturated rings. The van der Waals surface area contributed by atoms with Gasteiger partial charge >= 0.3 is 5.97 Å². The van der Waals surface area contributed by atoms with Gasteiger partial charge in [0.05, 0.1) is 0 Å². The van der Waals surface area contributed by atoms with E-state index in [-0.39, 0.29) is 12.3 Å². The maximum atomic E-state index is 11.6. The van der Waals surface area contributed by atoms with E-state index in [2.05, 4.69) is 15.8 Å². The van der Waals surface area contributed by atoms with Crippen LogP contribution in [0.3, 0.4) is 0 Å². The van der Waals surface area contributed by atoms with Crippen LogP contribution < -0.4 is 10.6 Å². The summed E-state index contributed by atoms with van der Waals surface area (Å²) in [6, 6.07) is 1.01. The molecule has 0 saturated heterocycles. The second kappa shape index (κ2) is 7.52. The zero-order valence-electron chi connectivity index (χ0n) is 11.1. The molecule has 7 heteroatoms. The van der Waals surface area contributed by atoms with Crippen LogP contribution in [0.4, 0.5) is 5.82 Å². The van der Waals surface area contributed by atoms with Crippen molar-refractivity contribution in [3.8, 4) is 0 Å². The predicted molar refractivity (Wildman–Crippen MR) is 68.8 cm³/mol. The highest BCUT2D eigenvalue weighted by Gasteiger charge is 2.15. The molecule has 3 N–H and O–H groups in total. The minimum absolute atomic E-state index is 0.180. The molecule has 0 aliphatic rings. The van der Waals surface area contributed by atoms with Gasteiger partial charge in [0.25, 0.3) is 0 Å². The molecule has 0 aliphatic heterocycles. The largest absolute Gasteiger partial charge is 0.480 e. The Labute approximate surface area is 111 Å². The highest BCUT2D eigenvalue weighted by Crippen LogP contribution is 2.07. The summed E-state index contributed by atoms with van der Waals surface area (Å²) in [5.74, 6) is -0.149. The molecular weight excluding hydrogens is 250 g/mol. The molecule has 1 amide bonds. The minimum atomic E-state index is -0.894. The highest BCUT2D eigenvalue weighted by molar-refractivity contribution is 5.89. The number of amides is 1. The molecule has 1 unspecified atom stereocenters. The lowest BCUT2D eigenvalue weighted by Gasteiger charge is -2.12. The number of carboxylic acids is 1. The van der Waals surface area contributed by atoms with E-state index < -0.39 is 12.0 Å². The smallest absolute Gasteiger partial charge is 0.320 e. The second-order valence-corrected chi connectivity index (χ2v) is 4.25. The second-order valence-electron chi connectivity index (χ2n) is 4.25. The Morgan fingerprint density at radius 3 is 2.79 bits per heavy atom. The third-order valence-corrected chi connectivity index (χ3v) is 2.51. The number of nitrogens with zero attached hydrogens (tertiary/aromatic N) is 1. The van der Waals surface area contributed by atoms with Crippen molar-refractivity contribution in [1.29, 1.82) is 0 Å². The number of hydrogen-bond donors (Lipinski definition) is 3. The van der Waals surface area contributed by atoms with Gasteiger partial charge in [-0.25, -0.2) is 0 Å². The number of carbonyl (C=O) groups is 2. The van der Waals surface area contributed by atoms with Crippen molar-refractivity contribution in [2.45, 2.75) is 39.2 Å². The van der Waals surface area contributed by atoms with E-state index in [0.29, 0.717) is 24.5 Å². The first-order valence-corrected chi connectivity index (χ1v) is 6.22. The number of carbonyl (C=O) groups excluding carboxylic acids is 1. The van der Waals surface area contributed by atoms with Gasteiger partial charge in [-0.1, -0.05) is 18.5 Å². The van der Waals surface area contributed by atoms with Gasteiger partial charge in [-0.3, -0.25) is 9.59 Å². The summed E-state index contributed by atoms with van der Waals surface area (Å²) in [6.07, 6.45) is 1.49. The number of aliphatic carboxylic acids is 1. The van der Waals surface area contributed by atoms with Crippen molar-refractivity contribution < 1.29 is 19.2 Å². The fourth-order valence-corrected chi connectivity index (χ4v) is 1.59. The SMILES string of the molecule is CCCC(NCCC(=O)Nc1cc(C)on1)C(=O)O. The quantitative estimate of drug-likeness (QED) is 0.654. The van der Waals surface area contributed by atoms with Crippen molar-refractivity contribution in [3.05, 3.63) is 11.8 Å². The summed E-state index contributed by atoms with van der Waals surface area (Å²) < 4.78 is 4.81. The Kier molecular flexibility index (Phi) is 6.01. The standard InChI is InChI=1S/C12H19N3O4/c1-3-4-9(12(17)18)13-6-5-11(16)14-10-7-8(2)19-15-10/h7,9,13H,3-6H2,1-2H3,(H,17,18)(H,14,15,16). The Morgan fingerprint density at radius 1 is 1.53 bits per heavy atom. The van der Waals surface area contributed by atoms with E-state index in [0.717, 1.165) is 6.42 Å². The van der Waals surface area contributed by atoms with Crippen LogP contribution in [0.2, 0.25) is 0 Å². The molecule has 19 heavy (non-hydrogen) atoms. The maximum absolute atomic E-state index is 11.6. The number of hydrogen-bond acceptors (Lipinski definition) is 5. The van der Waals surface area contributed by atoms with Crippen LogP contribution in [-0.4, -0.2) is 34.7 Å². The lowest BCUT2D eigenvalue weighted by atomic mass is 10.1. The fraction of sp³-hybridized carbons (Fsp3) is 0.583. The van der Waals surface area contributed by atoms with Crippen molar-refractivity contribution in [3.63, 3.8) is 0 Å². The molecule has 106 valence electrons. The van der Waals surface area contributed by atoms with Crippen molar-refractivity contribution in [2.75, 3.05) is 11.9 Å². The van der Waals surface area contributed by atoms with Crippen LogP contribution in [0.25, 0.3) is 0 Å². The first kappa shape index (κ1) is 15.2. The molecule has 1 heterocycles. The molecule has 1 rings (SSSR count). The molecular formula is C12H19N3O4. The van der Waals surface area contributed by atoms with Gasteiger partial charge < -0.3 is 20.3 Å². The van der Waals surface area contributed by atoms with Gasteiger partial charge in [-0.05, 0) is 13.3 Å². The molecule has 0 aromatic carbocycles. The third kappa shape index (κ3) is 5.52. The summed E-state index contributed by atoms with van der Waals surface area (Å²) >= 11 is 0. The number of anilines is 1. The summed E-state index contributed by atoms with van der Waals surface area (Å²) in [4.78, 5) is 22.4. The van der Waals surface area contributed by atoms with Crippen molar-refractivity contribution in [1.82, 2.24) is 10.5 Å². The van der Waals surface area contributed by atoms with E-state index in [4.69, 9.17) is 9.63 Å². The monoisotopic (exact) mass is 269 g/mol. The third-order valence-electron chi connectivity index (χ3n) is 2.51. The van der Waals surface area contributed by atoms with Crippen LogP contribution in [0.5, 0.6) is 0 Å². The lowest BCUT2D eigenvalue weighted by molar-refractivity contribution is -0.139. The van der Waals surface area contributed by atoms with Gasteiger partial charge in [-0.2, -0.15) is 0 Å². The molecule has 1 atom stereocenters. The van der Waals surface area contributed by atoms with E-state index in [9.17, 15) is 9.59 Å². The average molecular weight is 269 g/mol. The first-order valence-electron chi connectivity index (χ1n) is 6.22. The van der Waals surface area contributed by atoms with Crippen molar-refractivity contribution >= 4 is 17.7 Å². The molecule has 1 aromatic heterocycles. The topological polar surface area (TPSA) is 104 Å². The van der Waals surface area contributed by atoms with Crippen LogP contribution in [0.15, 0.2) is 10.6 Å². The Morgan fingerprint density at radius 2 is 2.26 bits per heavy atom. The molecule has 0 radical (unpaired) electrons. The highest BCUT2D eigenvalue weighted by atomic mass is 16.5. The Balaban J connectivity index is 2.28. The summed E-state index contributed by atoms with van der Waals surface area (Å²) in [5.41, 5.74) is 0. The van der Waals surface area contributed by atoms with Gasteiger partial charge in [0.15, 0.2) is 5.82 Å². The van der Waals surface area contributed by atoms with Gasteiger partial charge in [-0.15, -0.1) is 0 Å². The van der Waals surface area contributed by atoms with E-state index in [1.165, 1.54) is 0 Å². The Bertz CT molecular complexity index is 430. The minimum Gasteiger partial charge on any atom is -0.480 e. The van der Waals surface area contributed by atoms with Crippen molar-refractivity contribution in [2.24, 2.45) is 0 Å². The molecule has 0 aliphatic carbocycles. The van der Waals surface area contributed by atoms with Crippen LogP contribution in [0.1, 0.15) is 31.9 Å². The molecule has 0 bridgehead atoms. The Hall–Kier alpha value is -1.89. The zero-order valence-corrected chi connectivity index (χ0v) is 11.1. The van der Waals surface area contributed by atoms with Crippen LogP contribution >= 0.6 is 0 Å². The molecule has 7 nitrogen and oxygen atoms in total. The van der Waals surface area contributed by atoms with Crippen LogP contribution in [0, 0.1) is 6.92 Å². The first-order chi connectivity index (χ1) is 9.02. The number of rotatable bonds is 8. The average Bonchev–Trinajstić information content (AvgIpc) is 2.73. The number of nitrogens with one attached hydrogen (secondary N) is 2. The van der Waals surface area contributed by atoms with Gasteiger partial charge in [0.1, 0.15) is 11.8 Å². The zero-order chi connectivity index (χ0) is 14.3. The number of aryl methyl sites for hydroxylation is 1. The van der Waals surface area contributed by atoms with Gasteiger partial charge in [0, 0.05) is 19.0 Å². The van der Waals surface area contributed by atoms with E-state index in [1.807, 2.05) is 6.92 Å². The summed E-state index contributed by atoms with van der Waals surface area (Å²) in [6.45, 7) is 3.95. The summed E-state index contributed by atoms with van der Waals surface area (Å²) in [5, 5.41) is 18.0. The molecule has 0 saturated carbocycles. The number of carboxylic acid groups (broad SMARTS) is 1. The van der Waals surface area contributed by atoms with Crippen LogP contribution in [-0.2, 0) is 9.59 Å². The summed E-state index contributed by atoms with van der Waals surface area (Å²) in [7, 11) is 0.